The lowest BCUT2D eigenvalue weighted by molar-refractivity contribution is -0.120. The summed E-state index contributed by atoms with van der Waals surface area (Å²) < 4.78 is 32.6. The van der Waals surface area contributed by atoms with E-state index in [-0.39, 0.29) is 16.7 Å². The van der Waals surface area contributed by atoms with E-state index < -0.39 is 26.7 Å². The molecule has 1 saturated heterocycles. The smallest absolute Gasteiger partial charge is 0.252 e. The van der Waals surface area contributed by atoms with E-state index >= 15 is 0 Å². The maximum Gasteiger partial charge on any atom is 0.252 e. The minimum atomic E-state index is -3.54. The molecule has 1 aliphatic carbocycles. The van der Waals surface area contributed by atoms with Crippen molar-refractivity contribution < 1.29 is 17.9 Å². The molecule has 1 aliphatic heterocycles. The van der Waals surface area contributed by atoms with Gasteiger partial charge in [-0.1, -0.05) is 12.8 Å². The molecule has 0 spiro atoms. The van der Waals surface area contributed by atoms with Gasteiger partial charge in [-0.3, -0.25) is 9.59 Å². The number of thiazole rings is 1. The molecule has 3 heterocycles. The van der Waals surface area contributed by atoms with Gasteiger partial charge in [-0.2, -0.15) is 0 Å². The summed E-state index contributed by atoms with van der Waals surface area (Å²) in [7, 11) is -3.54. The van der Waals surface area contributed by atoms with Gasteiger partial charge in [0.05, 0.1) is 15.8 Å². The Morgan fingerprint density at radius 3 is 2.62 bits per heavy atom. The number of rotatable bonds is 7. The maximum atomic E-state index is 13.2. The Balaban J connectivity index is 1.62. The Hall–Kier alpha value is -2.04. The number of amides is 1. The SMILES string of the molecule is Cc1csc(NC(=O)C(CC2CCOCC2)n2ccc(S(=O)(=O)C3CCCC3)cc2=O)n1. The molecule has 4 rings (SSSR count). The van der Waals surface area contributed by atoms with Crippen LogP contribution in [0.2, 0.25) is 0 Å². The summed E-state index contributed by atoms with van der Waals surface area (Å²) in [6.45, 7) is 3.12. The van der Waals surface area contributed by atoms with Crippen LogP contribution in [0.4, 0.5) is 5.13 Å². The van der Waals surface area contributed by atoms with Crippen LogP contribution in [0, 0.1) is 12.8 Å². The van der Waals surface area contributed by atoms with Gasteiger partial charge in [0, 0.05) is 30.9 Å². The number of carbonyl (C=O) groups is 1. The maximum absolute atomic E-state index is 13.2. The highest BCUT2D eigenvalue weighted by Gasteiger charge is 2.32. The van der Waals surface area contributed by atoms with Gasteiger partial charge in [0.2, 0.25) is 5.91 Å². The molecule has 0 aromatic carbocycles. The number of carbonyl (C=O) groups excluding carboxylic acids is 1. The number of hydrogen-bond acceptors (Lipinski definition) is 7. The van der Waals surface area contributed by atoms with Crippen LogP contribution in [0.15, 0.2) is 33.4 Å². The molecule has 1 atom stereocenters. The molecule has 2 aliphatic rings. The van der Waals surface area contributed by atoms with Gasteiger partial charge in [-0.25, -0.2) is 13.4 Å². The molecular weight excluding hydrogens is 450 g/mol. The van der Waals surface area contributed by atoms with Crippen LogP contribution < -0.4 is 10.9 Å². The van der Waals surface area contributed by atoms with Crippen molar-refractivity contribution in [3.8, 4) is 0 Å². The van der Waals surface area contributed by atoms with Gasteiger partial charge >= 0.3 is 0 Å². The summed E-state index contributed by atoms with van der Waals surface area (Å²) in [5, 5.41) is 4.73. The van der Waals surface area contributed by atoms with Crippen LogP contribution in [0.25, 0.3) is 0 Å². The summed E-state index contributed by atoms with van der Waals surface area (Å²) >= 11 is 1.33. The number of aryl methyl sites for hydroxylation is 1. The van der Waals surface area contributed by atoms with Gasteiger partial charge in [0.25, 0.3) is 5.56 Å². The molecule has 174 valence electrons. The summed E-state index contributed by atoms with van der Waals surface area (Å²) in [6.07, 6.45) is 6.64. The summed E-state index contributed by atoms with van der Waals surface area (Å²) in [5.74, 6) is -0.0781. The second-order valence-corrected chi connectivity index (χ2v) is 11.7. The van der Waals surface area contributed by atoms with Gasteiger partial charge in [0.1, 0.15) is 6.04 Å². The van der Waals surface area contributed by atoms with Crippen molar-refractivity contribution in [2.75, 3.05) is 18.5 Å². The Bertz CT molecular complexity index is 1110. The number of pyridine rings is 1. The van der Waals surface area contributed by atoms with E-state index in [0.717, 1.165) is 31.4 Å². The molecule has 1 amide bonds. The zero-order valence-electron chi connectivity index (χ0n) is 18.2. The fourth-order valence-electron chi connectivity index (χ4n) is 4.54. The lowest BCUT2D eigenvalue weighted by Crippen LogP contribution is -2.35. The zero-order chi connectivity index (χ0) is 22.7. The second-order valence-electron chi connectivity index (χ2n) is 8.65. The van der Waals surface area contributed by atoms with Crippen LogP contribution in [0.5, 0.6) is 0 Å². The predicted molar refractivity (Wildman–Crippen MR) is 123 cm³/mol. The molecule has 2 aromatic rings. The first kappa shape index (κ1) is 23.1. The van der Waals surface area contributed by atoms with E-state index in [1.165, 1.54) is 34.2 Å². The van der Waals surface area contributed by atoms with Gasteiger partial charge in [0.15, 0.2) is 15.0 Å². The number of nitrogens with one attached hydrogen (secondary N) is 1. The Morgan fingerprint density at radius 2 is 2.00 bits per heavy atom. The Kier molecular flexibility index (Phi) is 7.11. The first-order valence-electron chi connectivity index (χ1n) is 11.1. The average molecular weight is 480 g/mol. The summed E-state index contributed by atoms with van der Waals surface area (Å²) in [6, 6.07) is 1.89. The van der Waals surface area contributed by atoms with Crippen LogP contribution in [0.3, 0.4) is 0 Å². The van der Waals surface area contributed by atoms with Crippen molar-refractivity contribution >= 4 is 32.2 Å². The third-order valence-corrected chi connectivity index (χ3v) is 9.51. The topological polar surface area (TPSA) is 107 Å². The predicted octanol–water partition coefficient (Wildman–Crippen LogP) is 3.33. The Morgan fingerprint density at radius 1 is 1.28 bits per heavy atom. The molecule has 1 unspecified atom stereocenters. The molecule has 2 aromatic heterocycles. The second kappa shape index (κ2) is 9.84. The number of aromatic nitrogens is 2. The van der Waals surface area contributed by atoms with E-state index in [1.807, 2.05) is 12.3 Å². The van der Waals surface area contributed by atoms with Crippen LogP contribution in [-0.2, 0) is 19.4 Å². The van der Waals surface area contributed by atoms with E-state index in [1.54, 1.807) is 0 Å². The number of nitrogens with zero attached hydrogens (tertiary/aromatic N) is 2. The normalized spacial score (nSPS) is 19.2. The largest absolute Gasteiger partial charge is 0.381 e. The molecule has 10 heteroatoms. The van der Waals surface area contributed by atoms with Crippen LogP contribution in [-0.4, -0.2) is 42.3 Å². The average Bonchev–Trinajstić information content (AvgIpc) is 3.45. The zero-order valence-corrected chi connectivity index (χ0v) is 19.8. The number of ether oxygens (including phenoxy) is 1. The van der Waals surface area contributed by atoms with Crippen molar-refractivity contribution in [1.29, 1.82) is 0 Å². The number of sulfone groups is 1. The Labute approximate surface area is 191 Å². The quantitative estimate of drug-likeness (QED) is 0.653. The fraction of sp³-hybridized carbons (Fsp3) is 0.591. The standard InChI is InChI=1S/C22H29N3O5S2/c1-15-14-31-22(23-15)24-21(27)19(12-16-7-10-30-11-8-16)25-9-6-18(13-20(25)26)32(28,29)17-4-2-3-5-17/h6,9,13-14,16-17,19H,2-5,7-8,10-12H2,1H3,(H,23,24,27). The van der Waals surface area contributed by atoms with Gasteiger partial charge < -0.3 is 14.6 Å². The first-order valence-corrected chi connectivity index (χ1v) is 13.5. The minimum Gasteiger partial charge on any atom is -0.381 e. The van der Waals surface area contributed by atoms with E-state index in [2.05, 4.69) is 10.3 Å². The lowest BCUT2D eigenvalue weighted by atomic mass is 9.92. The van der Waals surface area contributed by atoms with Gasteiger partial charge in [-0.15, -0.1) is 11.3 Å². The van der Waals surface area contributed by atoms with Crippen LogP contribution >= 0.6 is 11.3 Å². The lowest BCUT2D eigenvalue weighted by Gasteiger charge is -2.27. The van der Waals surface area contributed by atoms with Crippen molar-refractivity contribution in [1.82, 2.24) is 9.55 Å². The monoisotopic (exact) mass is 479 g/mol. The number of hydrogen-bond donors (Lipinski definition) is 1. The van der Waals surface area contributed by atoms with Gasteiger partial charge in [-0.05, 0) is 51.0 Å². The van der Waals surface area contributed by atoms with Crippen molar-refractivity contribution in [3.05, 3.63) is 39.8 Å². The van der Waals surface area contributed by atoms with E-state index in [4.69, 9.17) is 4.74 Å². The molecule has 2 fully saturated rings. The summed E-state index contributed by atoms with van der Waals surface area (Å²) in [4.78, 5) is 30.5. The molecule has 0 radical (unpaired) electrons. The van der Waals surface area contributed by atoms with Crippen LogP contribution in [0.1, 0.15) is 56.7 Å². The number of anilines is 1. The molecule has 1 N–H and O–H groups in total. The van der Waals surface area contributed by atoms with Crippen molar-refractivity contribution in [2.24, 2.45) is 5.92 Å². The summed E-state index contributed by atoms with van der Waals surface area (Å²) in [5.41, 5.74) is 0.330. The van der Waals surface area contributed by atoms with E-state index in [0.29, 0.717) is 37.6 Å². The minimum absolute atomic E-state index is 0.0476. The van der Waals surface area contributed by atoms with Crippen molar-refractivity contribution in [2.45, 2.75) is 68.1 Å². The first-order chi connectivity index (χ1) is 15.3. The van der Waals surface area contributed by atoms with E-state index in [9.17, 15) is 18.0 Å². The molecule has 8 nitrogen and oxygen atoms in total. The highest BCUT2D eigenvalue weighted by Crippen LogP contribution is 2.30. The third-order valence-electron chi connectivity index (χ3n) is 6.37. The molecule has 32 heavy (non-hydrogen) atoms. The highest BCUT2D eigenvalue weighted by atomic mass is 32.2. The molecule has 1 saturated carbocycles. The molecule has 0 bridgehead atoms. The van der Waals surface area contributed by atoms with Crippen molar-refractivity contribution in [3.63, 3.8) is 0 Å². The fourth-order valence-corrected chi connectivity index (χ4v) is 7.09. The highest BCUT2D eigenvalue weighted by molar-refractivity contribution is 7.92. The third kappa shape index (κ3) is 5.13. The molecular formula is C22H29N3O5S2.